The van der Waals surface area contributed by atoms with Crippen molar-refractivity contribution in [3.63, 3.8) is 0 Å². The molecule has 0 aromatic carbocycles. The van der Waals surface area contributed by atoms with Gasteiger partial charge in [0.25, 0.3) is 0 Å². The van der Waals surface area contributed by atoms with E-state index in [0.717, 1.165) is 7.11 Å². The zero-order chi connectivity index (χ0) is 29.8. The molecule has 2 aromatic heterocycles. The number of aromatic nitrogens is 4. The number of hydrogen-bond acceptors (Lipinski definition) is 14. The van der Waals surface area contributed by atoms with E-state index < -0.39 is 68.9 Å². The average Bonchev–Trinajstić information content (AvgIpc) is 3.41. The lowest BCUT2D eigenvalue weighted by atomic mass is 9.96. The van der Waals surface area contributed by atoms with Gasteiger partial charge in [-0.2, -0.15) is 4.98 Å². The van der Waals surface area contributed by atoms with E-state index in [0.29, 0.717) is 11.3 Å². The zero-order valence-corrected chi connectivity index (χ0v) is 24.3. The fourth-order valence-corrected chi connectivity index (χ4v) is 5.67. The Balaban J connectivity index is 1.85. The normalized spacial score (nSPS) is 25.1. The molecule has 1 aliphatic rings. The number of fused-ring (bicyclic) bond motifs is 1. The van der Waals surface area contributed by atoms with Gasteiger partial charge in [0, 0.05) is 0 Å². The highest BCUT2D eigenvalue weighted by Gasteiger charge is 2.54. The Kier molecular flexibility index (Phi) is 10.2. The minimum Gasteiger partial charge on any atom is -0.479 e. The highest BCUT2D eigenvalue weighted by Crippen LogP contribution is 2.47. The molecule has 0 bridgehead atoms. The van der Waals surface area contributed by atoms with Crippen LogP contribution in [0.25, 0.3) is 11.2 Å². The molecule has 0 saturated carbocycles. The highest BCUT2D eigenvalue weighted by atomic mass is 31.2. The maximum absolute atomic E-state index is 13.7. The molecule has 6 atom stereocenters. The van der Waals surface area contributed by atoms with Crippen molar-refractivity contribution in [3.8, 4) is 5.88 Å². The van der Waals surface area contributed by atoms with E-state index in [1.54, 1.807) is 27.7 Å². The van der Waals surface area contributed by atoms with Crippen LogP contribution in [0.4, 0.5) is 0 Å². The minimum atomic E-state index is -4.41. The first kappa shape index (κ1) is 31.8. The van der Waals surface area contributed by atoms with Crippen molar-refractivity contribution in [1.29, 1.82) is 0 Å². The van der Waals surface area contributed by atoms with Gasteiger partial charge in [0.15, 0.2) is 24.0 Å². The largest absolute Gasteiger partial charge is 0.479 e. The predicted molar refractivity (Wildman–Crippen MR) is 137 cm³/mol. The topological polar surface area (TPSA) is 203 Å². The molecule has 40 heavy (non-hydrogen) atoms. The third-order valence-corrected chi connectivity index (χ3v) is 7.74. The van der Waals surface area contributed by atoms with E-state index in [2.05, 4.69) is 20.0 Å². The Morgan fingerprint density at radius 1 is 1.27 bits per heavy atom. The van der Waals surface area contributed by atoms with Crippen molar-refractivity contribution >= 4 is 30.8 Å². The smallest absolute Gasteiger partial charge is 0.406 e. The number of carbonyl (C=O) groups excluding carboxylic acids is 2. The standard InChI is InChI=1S/C23H36N5O11P/c1-8-36-15(29)10-38-40(33,27-16(12(2)3)21(31)35-7)37-9-14-18(30)23(5,32)22(39-14)28-11-24-17-19(28)25-13(4)26-20(17)34-6/h11-12,14,16,18,22,30,32H,8-10H2,1-7H3,(H,27,33)/t14-,16?,18?,22-,23+,40?/m1/s1. The second-order valence-corrected chi connectivity index (χ2v) is 11.3. The minimum absolute atomic E-state index is 0.0649. The molecule has 3 N–H and O–H groups in total. The van der Waals surface area contributed by atoms with E-state index in [4.69, 9.17) is 28.0 Å². The van der Waals surface area contributed by atoms with E-state index in [-0.39, 0.29) is 18.1 Å². The Hall–Kier alpha value is -2.72. The van der Waals surface area contributed by atoms with Gasteiger partial charge in [-0.25, -0.2) is 24.4 Å². The highest BCUT2D eigenvalue weighted by molar-refractivity contribution is 7.51. The molecular formula is C23H36N5O11P. The van der Waals surface area contributed by atoms with Crippen LogP contribution in [0.5, 0.6) is 5.88 Å². The number of aliphatic hydroxyl groups excluding tert-OH is 1. The first-order valence-corrected chi connectivity index (χ1v) is 14.0. The molecule has 0 spiro atoms. The summed E-state index contributed by atoms with van der Waals surface area (Å²) in [6.45, 7) is 6.68. The number of aryl methyl sites for hydroxylation is 1. The predicted octanol–water partition coefficient (Wildman–Crippen LogP) is 0.644. The quantitative estimate of drug-likeness (QED) is 0.217. The van der Waals surface area contributed by atoms with Crippen LogP contribution >= 0.6 is 7.75 Å². The van der Waals surface area contributed by atoms with Crippen LogP contribution in [0.2, 0.25) is 0 Å². The number of imidazole rings is 1. The van der Waals surface area contributed by atoms with Gasteiger partial charge in [-0.05, 0) is 26.7 Å². The first-order chi connectivity index (χ1) is 18.8. The molecule has 1 aliphatic heterocycles. The van der Waals surface area contributed by atoms with Gasteiger partial charge in [-0.15, -0.1) is 0 Å². The second kappa shape index (κ2) is 12.9. The Labute approximate surface area is 230 Å². The Morgan fingerprint density at radius 3 is 2.58 bits per heavy atom. The molecule has 1 saturated heterocycles. The van der Waals surface area contributed by atoms with Crippen molar-refractivity contribution in [2.24, 2.45) is 5.92 Å². The van der Waals surface area contributed by atoms with Gasteiger partial charge in [0.05, 0.1) is 33.8 Å². The van der Waals surface area contributed by atoms with Gasteiger partial charge in [-0.3, -0.25) is 18.4 Å². The van der Waals surface area contributed by atoms with Crippen molar-refractivity contribution in [3.05, 3.63) is 12.2 Å². The number of methoxy groups -OCH3 is 2. The zero-order valence-electron chi connectivity index (χ0n) is 23.4. The summed E-state index contributed by atoms with van der Waals surface area (Å²) in [5.41, 5.74) is -1.29. The van der Waals surface area contributed by atoms with Gasteiger partial charge in [0.2, 0.25) is 5.88 Å². The number of nitrogens with zero attached hydrogens (tertiary/aromatic N) is 4. The molecular weight excluding hydrogens is 553 g/mol. The summed E-state index contributed by atoms with van der Waals surface area (Å²) in [5, 5.41) is 24.7. The lowest BCUT2D eigenvalue weighted by Crippen LogP contribution is -2.45. The van der Waals surface area contributed by atoms with Crippen molar-refractivity contribution in [2.45, 2.75) is 64.7 Å². The van der Waals surface area contributed by atoms with Gasteiger partial charge >= 0.3 is 19.7 Å². The summed E-state index contributed by atoms with van der Waals surface area (Å²) in [7, 11) is -1.82. The van der Waals surface area contributed by atoms with Crippen molar-refractivity contribution in [2.75, 3.05) is 34.0 Å². The fourth-order valence-electron chi connectivity index (χ4n) is 4.08. The monoisotopic (exact) mass is 589 g/mol. The number of hydrogen-bond donors (Lipinski definition) is 3. The molecule has 17 heteroatoms. The SMILES string of the molecule is CCOC(=O)COP(=O)(NC(C(=O)OC)C(C)C)OC[C@H]1O[C@@H](n2cnc3c(OC)nc(C)nc32)[C@@](C)(O)C1O. The van der Waals surface area contributed by atoms with Crippen LogP contribution in [0, 0.1) is 12.8 Å². The molecule has 2 aromatic rings. The van der Waals surface area contributed by atoms with Crippen molar-refractivity contribution < 1.29 is 52.4 Å². The Morgan fingerprint density at radius 2 is 1.98 bits per heavy atom. The summed E-state index contributed by atoms with van der Waals surface area (Å²) < 4.78 is 46.6. The first-order valence-electron chi connectivity index (χ1n) is 12.5. The maximum Gasteiger partial charge on any atom is 0.406 e. The summed E-state index contributed by atoms with van der Waals surface area (Å²) in [4.78, 5) is 37.0. The number of aliphatic hydroxyl groups is 2. The number of esters is 2. The molecule has 224 valence electrons. The lowest BCUT2D eigenvalue weighted by Gasteiger charge is -2.28. The average molecular weight is 590 g/mol. The number of ether oxygens (including phenoxy) is 4. The fraction of sp³-hybridized carbons (Fsp3) is 0.696. The molecule has 3 unspecified atom stereocenters. The van der Waals surface area contributed by atoms with Crippen molar-refractivity contribution in [1.82, 2.24) is 24.6 Å². The van der Waals surface area contributed by atoms with Crippen LogP contribution < -0.4 is 9.82 Å². The third-order valence-electron chi connectivity index (χ3n) is 6.19. The van der Waals surface area contributed by atoms with E-state index in [1.165, 1.54) is 24.9 Å². The number of carbonyl (C=O) groups is 2. The van der Waals surface area contributed by atoms with Crippen LogP contribution in [0.3, 0.4) is 0 Å². The van der Waals surface area contributed by atoms with Crippen LogP contribution in [0.15, 0.2) is 6.33 Å². The van der Waals surface area contributed by atoms with Crippen LogP contribution in [-0.4, -0.2) is 99.6 Å². The Bertz CT molecular complexity index is 1250. The second-order valence-electron chi connectivity index (χ2n) is 9.55. The van der Waals surface area contributed by atoms with E-state index in [1.807, 2.05) is 0 Å². The van der Waals surface area contributed by atoms with Gasteiger partial charge in [-0.1, -0.05) is 13.8 Å². The van der Waals surface area contributed by atoms with Gasteiger partial charge < -0.3 is 29.2 Å². The van der Waals surface area contributed by atoms with E-state index >= 15 is 0 Å². The molecule has 1 fully saturated rings. The van der Waals surface area contributed by atoms with Crippen LogP contribution in [0.1, 0.15) is 39.7 Å². The number of nitrogens with one attached hydrogen (secondary N) is 1. The molecule has 0 radical (unpaired) electrons. The third kappa shape index (κ3) is 6.77. The lowest BCUT2D eigenvalue weighted by molar-refractivity contribution is -0.145. The molecule has 0 amide bonds. The molecule has 0 aliphatic carbocycles. The molecule has 3 rings (SSSR count). The molecule has 16 nitrogen and oxygen atoms in total. The molecule has 3 heterocycles. The number of rotatable bonds is 13. The van der Waals surface area contributed by atoms with E-state index in [9.17, 15) is 24.4 Å². The van der Waals surface area contributed by atoms with Gasteiger partial charge in [0.1, 0.15) is 29.7 Å². The summed E-state index contributed by atoms with van der Waals surface area (Å²) in [6.07, 6.45) is -2.63. The van der Waals surface area contributed by atoms with Crippen LogP contribution in [-0.2, 0) is 37.4 Å². The summed E-state index contributed by atoms with van der Waals surface area (Å²) in [5.74, 6) is -1.37. The summed E-state index contributed by atoms with van der Waals surface area (Å²) in [6, 6.07) is -1.13. The summed E-state index contributed by atoms with van der Waals surface area (Å²) >= 11 is 0. The maximum atomic E-state index is 13.7.